The quantitative estimate of drug-likeness (QED) is 0.836. The largest absolute Gasteiger partial charge is 0.385 e. The Bertz CT molecular complexity index is 570. The Morgan fingerprint density at radius 2 is 1.85 bits per heavy atom. The molecule has 2 aromatic carbocycles. The van der Waals surface area contributed by atoms with Gasteiger partial charge in [-0.3, -0.25) is 0 Å². The molecule has 0 spiro atoms. The van der Waals surface area contributed by atoms with E-state index in [0.717, 1.165) is 17.5 Å². The Balaban J connectivity index is 2.27. The molecular formula is C17H22BrNO. The normalized spacial score (nSPS) is 14.4. The Kier molecular flexibility index (Phi) is 5.58. The summed E-state index contributed by atoms with van der Waals surface area (Å²) in [5.41, 5.74) is 1.34. The molecule has 0 aliphatic carbocycles. The lowest BCUT2D eigenvalue weighted by Gasteiger charge is -2.24. The topological polar surface area (TPSA) is 21.3 Å². The van der Waals surface area contributed by atoms with Gasteiger partial charge in [0.2, 0.25) is 0 Å². The minimum Gasteiger partial charge on any atom is -0.385 e. The van der Waals surface area contributed by atoms with Crippen molar-refractivity contribution in [3.05, 3.63) is 46.4 Å². The van der Waals surface area contributed by atoms with Gasteiger partial charge in [-0.2, -0.15) is 0 Å². The maximum absolute atomic E-state index is 5.19. The second kappa shape index (κ2) is 7.21. The molecule has 3 heteroatoms. The van der Waals surface area contributed by atoms with Crippen LogP contribution in [-0.2, 0) is 4.74 Å². The SMILES string of the molecule is CNC(c1ccc2cc(Br)ccc2c1)C(C)CCOC. The van der Waals surface area contributed by atoms with Gasteiger partial charge < -0.3 is 10.1 Å². The summed E-state index contributed by atoms with van der Waals surface area (Å²) < 4.78 is 6.32. The number of rotatable bonds is 6. The van der Waals surface area contributed by atoms with Crippen molar-refractivity contribution in [2.45, 2.75) is 19.4 Å². The molecule has 0 saturated carbocycles. The predicted molar refractivity (Wildman–Crippen MR) is 89.1 cm³/mol. The van der Waals surface area contributed by atoms with Crippen LogP contribution in [0.15, 0.2) is 40.9 Å². The molecule has 2 aromatic rings. The van der Waals surface area contributed by atoms with Crippen molar-refractivity contribution in [3.63, 3.8) is 0 Å². The van der Waals surface area contributed by atoms with Gasteiger partial charge in [0.25, 0.3) is 0 Å². The molecule has 0 radical (unpaired) electrons. The van der Waals surface area contributed by atoms with Crippen LogP contribution in [0.5, 0.6) is 0 Å². The highest BCUT2D eigenvalue weighted by atomic mass is 79.9. The first kappa shape index (κ1) is 15.5. The number of nitrogens with one attached hydrogen (secondary N) is 1. The molecule has 1 N–H and O–H groups in total. The molecule has 0 fully saturated rings. The molecule has 108 valence electrons. The zero-order valence-electron chi connectivity index (χ0n) is 12.3. The van der Waals surface area contributed by atoms with Crippen LogP contribution in [0.1, 0.15) is 24.9 Å². The van der Waals surface area contributed by atoms with E-state index in [4.69, 9.17) is 4.74 Å². The van der Waals surface area contributed by atoms with Crippen LogP contribution < -0.4 is 5.32 Å². The minimum atomic E-state index is 0.359. The average Bonchev–Trinajstić information content (AvgIpc) is 2.46. The van der Waals surface area contributed by atoms with Crippen LogP contribution in [0.25, 0.3) is 10.8 Å². The molecule has 20 heavy (non-hydrogen) atoms. The van der Waals surface area contributed by atoms with Crippen LogP contribution in [0.4, 0.5) is 0 Å². The highest BCUT2D eigenvalue weighted by molar-refractivity contribution is 9.10. The zero-order valence-corrected chi connectivity index (χ0v) is 13.9. The van der Waals surface area contributed by atoms with Gasteiger partial charge in [0, 0.05) is 24.2 Å². The van der Waals surface area contributed by atoms with E-state index in [0.29, 0.717) is 12.0 Å². The Morgan fingerprint density at radius 1 is 1.15 bits per heavy atom. The van der Waals surface area contributed by atoms with Crippen LogP contribution in [-0.4, -0.2) is 20.8 Å². The van der Waals surface area contributed by atoms with Crippen LogP contribution in [0, 0.1) is 5.92 Å². The van der Waals surface area contributed by atoms with E-state index in [2.05, 4.69) is 64.6 Å². The second-order valence-electron chi connectivity index (χ2n) is 5.28. The van der Waals surface area contributed by atoms with Crippen molar-refractivity contribution in [1.82, 2.24) is 5.32 Å². The van der Waals surface area contributed by atoms with Gasteiger partial charge in [-0.15, -0.1) is 0 Å². The maximum atomic E-state index is 5.19. The Labute approximate surface area is 129 Å². The highest BCUT2D eigenvalue weighted by Gasteiger charge is 2.17. The van der Waals surface area contributed by atoms with Gasteiger partial charge in [-0.05, 0) is 53.9 Å². The summed E-state index contributed by atoms with van der Waals surface area (Å²) in [5.74, 6) is 0.535. The molecule has 2 nitrogen and oxygen atoms in total. The summed E-state index contributed by atoms with van der Waals surface area (Å²) in [6, 6.07) is 13.5. The van der Waals surface area contributed by atoms with E-state index >= 15 is 0 Å². The molecule has 0 bridgehead atoms. The molecule has 0 aromatic heterocycles. The van der Waals surface area contributed by atoms with Gasteiger partial charge in [-0.1, -0.05) is 41.1 Å². The average molecular weight is 336 g/mol. The van der Waals surface area contributed by atoms with Crippen LogP contribution >= 0.6 is 15.9 Å². The number of methoxy groups -OCH3 is 1. The summed E-state index contributed by atoms with van der Waals surface area (Å²) >= 11 is 3.52. The lowest BCUT2D eigenvalue weighted by Crippen LogP contribution is -2.24. The summed E-state index contributed by atoms with van der Waals surface area (Å²) in [7, 11) is 3.79. The van der Waals surface area contributed by atoms with Gasteiger partial charge in [0.05, 0.1) is 0 Å². The predicted octanol–water partition coefficient (Wildman–Crippen LogP) is 4.54. The van der Waals surface area contributed by atoms with Crippen LogP contribution in [0.2, 0.25) is 0 Å². The number of halogens is 1. The fraction of sp³-hybridized carbons (Fsp3) is 0.412. The fourth-order valence-corrected chi connectivity index (χ4v) is 3.06. The van der Waals surface area contributed by atoms with Crippen molar-refractivity contribution in [1.29, 1.82) is 0 Å². The van der Waals surface area contributed by atoms with Crippen molar-refractivity contribution in [2.75, 3.05) is 20.8 Å². The zero-order chi connectivity index (χ0) is 14.5. The summed E-state index contributed by atoms with van der Waals surface area (Å²) in [4.78, 5) is 0. The van der Waals surface area contributed by atoms with Crippen molar-refractivity contribution >= 4 is 26.7 Å². The molecule has 2 unspecified atom stereocenters. The minimum absolute atomic E-state index is 0.359. The van der Waals surface area contributed by atoms with E-state index in [9.17, 15) is 0 Å². The van der Waals surface area contributed by atoms with Gasteiger partial charge in [0.15, 0.2) is 0 Å². The molecule has 0 aliphatic heterocycles. The summed E-state index contributed by atoms with van der Waals surface area (Å²) in [6.45, 7) is 3.08. The third kappa shape index (κ3) is 3.60. The first-order valence-electron chi connectivity index (χ1n) is 7.01. The van der Waals surface area contributed by atoms with E-state index < -0.39 is 0 Å². The summed E-state index contributed by atoms with van der Waals surface area (Å²) in [5, 5.41) is 5.99. The molecule has 2 atom stereocenters. The van der Waals surface area contributed by atoms with Gasteiger partial charge in [0.1, 0.15) is 0 Å². The lowest BCUT2D eigenvalue weighted by molar-refractivity contribution is 0.171. The second-order valence-corrected chi connectivity index (χ2v) is 6.19. The van der Waals surface area contributed by atoms with Crippen molar-refractivity contribution < 1.29 is 4.74 Å². The maximum Gasteiger partial charge on any atom is 0.0465 e. The highest BCUT2D eigenvalue weighted by Crippen LogP contribution is 2.28. The van der Waals surface area contributed by atoms with E-state index in [-0.39, 0.29) is 0 Å². The lowest BCUT2D eigenvalue weighted by atomic mass is 9.91. The monoisotopic (exact) mass is 335 g/mol. The number of ether oxygens (including phenoxy) is 1. The number of benzene rings is 2. The fourth-order valence-electron chi connectivity index (χ4n) is 2.68. The molecular weight excluding hydrogens is 314 g/mol. The Morgan fingerprint density at radius 3 is 2.55 bits per heavy atom. The summed E-state index contributed by atoms with van der Waals surface area (Å²) in [6.07, 6.45) is 1.06. The first-order valence-corrected chi connectivity index (χ1v) is 7.80. The van der Waals surface area contributed by atoms with Crippen molar-refractivity contribution in [2.24, 2.45) is 5.92 Å². The number of hydrogen-bond donors (Lipinski definition) is 1. The molecule has 0 amide bonds. The van der Waals surface area contributed by atoms with E-state index in [1.54, 1.807) is 7.11 Å². The third-order valence-electron chi connectivity index (χ3n) is 3.84. The molecule has 0 heterocycles. The number of fused-ring (bicyclic) bond motifs is 1. The molecule has 2 rings (SSSR count). The first-order chi connectivity index (χ1) is 9.65. The van der Waals surface area contributed by atoms with Crippen molar-refractivity contribution in [3.8, 4) is 0 Å². The van der Waals surface area contributed by atoms with Crippen LogP contribution in [0.3, 0.4) is 0 Å². The molecule has 0 saturated heterocycles. The molecule has 0 aliphatic rings. The standard InChI is InChI=1S/C17H22BrNO/c1-12(8-9-20-3)17(19-2)15-5-4-14-11-16(18)7-6-13(14)10-15/h4-7,10-12,17,19H,8-9H2,1-3H3. The van der Waals surface area contributed by atoms with E-state index in [1.165, 1.54) is 16.3 Å². The Hall–Kier alpha value is -0.900. The van der Waals surface area contributed by atoms with Gasteiger partial charge >= 0.3 is 0 Å². The third-order valence-corrected chi connectivity index (χ3v) is 4.34. The van der Waals surface area contributed by atoms with Gasteiger partial charge in [-0.25, -0.2) is 0 Å². The number of hydrogen-bond acceptors (Lipinski definition) is 2. The van der Waals surface area contributed by atoms with E-state index in [1.807, 2.05) is 7.05 Å². The smallest absolute Gasteiger partial charge is 0.0465 e.